The summed E-state index contributed by atoms with van der Waals surface area (Å²) in [6.07, 6.45) is 8.98. The summed E-state index contributed by atoms with van der Waals surface area (Å²) in [4.78, 5) is 15.1. The van der Waals surface area contributed by atoms with E-state index in [-0.39, 0.29) is 6.42 Å². The number of aromatic nitrogens is 3. The van der Waals surface area contributed by atoms with E-state index in [0.29, 0.717) is 12.3 Å². The minimum Gasteiger partial charge on any atom is -0.481 e. The van der Waals surface area contributed by atoms with Crippen LogP contribution in [0.5, 0.6) is 0 Å². The highest BCUT2D eigenvalue weighted by atomic mass is 16.4. The van der Waals surface area contributed by atoms with E-state index in [4.69, 9.17) is 5.11 Å². The van der Waals surface area contributed by atoms with Gasteiger partial charge in [-0.1, -0.05) is 19.3 Å². The first-order chi connectivity index (χ1) is 9.16. The van der Waals surface area contributed by atoms with Crippen molar-refractivity contribution in [3.63, 3.8) is 0 Å². The maximum absolute atomic E-state index is 10.5. The van der Waals surface area contributed by atoms with Gasteiger partial charge in [-0.2, -0.15) is 5.10 Å². The van der Waals surface area contributed by atoms with Crippen molar-refractivity contribution < 1.29 is 9.90 Å². The van der Waals surface area contributed by atoms with E-state index in [1.165, 1.54) is 32.1 Å². The molecule has 0 unspecified atom stereocenters. The SMILES string of the molecule is Cn1nc(C2CCCCC2)nc1CCCCC(=O)O. The van der Waals surface area contributed by atoms with Crippen LogP contribution in [-0.4, -0.2) is 25.8 Å². The van der Waals surface area contributed by atoms with Gasteiger partial charge in [0.2, 0.25) is 0 Å². The van der Waals surface area contributed by atoms with Gasteiger partial charge in [-0.15, -0.1) is 0 Å². The van der Waals surface area contributed by atoms with Crippen LogP contribution < -0.4 is 0 Å². The lowest BCUT2D eigenvalue weighted by molar-refractivity contribution is -0.137. The number of carbonyl (C=O) groups is 1. The molecule has 1 aromatic rings. The lowest BCUT2D eigenvalue weighted by Gasteiger charge is -2.18. The highest BCUT2D eigenvalue weighted by Crippen LogP contribution is 2.30. The predicted molar refractivity (Wildman–Crippen MR) is 72.0 cm³/mol. The molecule has 1 saturated carbocycles. The van der Waals surface area contributed by atoms with Gasteiger partial charge < -0.3 is 5.11 Å². The number of hydrogen-bond donors (Lipinski definition) is 1. The van der Waals surface area contributed by atoms with Gasteiger partial charge >= 0.3 is 5.97 Å². The summed E-state index contributed by atoms with van der Waals surface area (Å²) in [7, 11) is 1.94. The Balaban J connectivity index is 1.87. The van der Waals surface area contributed by atoms with Crippen LogP contribution in [0.25, 0.3) is 0 Å². The summed E-state index contributed by atoms with van der Waals surface area (Å²) in [5.74, 6) is 1.80. The largest absolute Gasteiger partial charge is 0.481 e. The maximum atomic E-state index is 10.5. The van der Waals surface area contributed by atoms with E-state index >= 15 is 0 Å². The van der Waals surface area contributed by atoms with E-state index in [2.05, 4.69) is 10.1 Å². The van der Waals surface area contributed by atoms with Gasteiger partial charge in [-0.25, -0.2) is 4.98 Å². The number of rotatable bonds is 6. The molecule has 0 spiro atoms. The van der Waals surface area contributed by atoms with Crippen LogP contribution in [0.2, 0.25) is 0 Å². The van der Waals surface area contributed by atoms with Crippen LogP contribution in [-0.2, 0) is 18.3 Å². The van der Waals surface area contributed by atoms with Gasteiger partial charge in [0.1, 0.15) is 5.82 Å². The third-order valence-corrected chi connectivity index (χ3v) is 3.88. The van der Waals surface area contributed by atoms with Crippen molar-refractivity contribution in [3.8, 4) is 0 Å². The van der Waals surface area contributed by atoms with Crippen LogP contribution in [0.4, 0.5) is 0 Å². The van der Waals surface area contributed by atoms with Gasteiger partial charge in [0, 0.05) is 25.8 Å². The van der Waals surface area contributed by atoms with Crippen molar-refractivity contribution in [2.75, 3.05) is 0 Å². The number of aryl methyl sites for hydroxylation is 2. The average Bonchev–Trinajstić information content (AvgIpc) is 2.77. The molecule has 0 radical (unpaired) electrons. The Hall–Kier alpha value is -1.39. The van der Waals surface area contributed by atoms with Gasteiger partial charge in [-0.05, 0) is 25.7 Å². The van der Waals surface area contributed by atoms with E-state index in [0.717, 1.165) is 24.5 Å². The molecule has 0 amide bonds. The van der Waals surface area contributed by atoms with Gasteiger partial charge in [0.25, 0.3) is 0 Å². The molecule has 1 aliphatic carbocycles. The molecule has 1 aromatic heterocycles. The standard InChI is InChI=1S/C14H23N3O2/c1-17-12(9-5-6-10-13(18)19)15-14(16-17)11-7-3-2-4-8-11/h11H,2-10H2,1H3,(H,18,19). The molecule has 1 N–H and O–H groups in total. The zero-order chi connectivity index (χ0) is 13.7. The van der Waals surface area contributed by atoms with Crippen molar-refractivity contribution in [3.05, 3.63) is 11.6 Å². The Morgan fingerprint density at radius 3 is 2.74 bits per heavy atom. The molecule has 5 heteroatoms. The first kappa shape index (κ1) is 14.0. The molecule has 0 aromatic carbocycles. The fourth-order valence-corrected chi connectivity index (χ4v) is 2.75. The minimum atomic E-state index is -0.721. The van der Waals surface area contributed by atoms with Crippen molar-refractivity contribution in [2.45, 2.75) is 63.7 Å². The van der Waals surface area contributed by atoms with Crippen LogP contribution in [0, 0.1) is 0 Å². The molecule has 0 atom stereocenters. The lowest BCUT2D eigenvalue weighted by atomic mass is 9.89. The Morgan fingerprint density at radius 2 is 2.05 bits per heavy atom. The summed E-state index contributed by atoms with van der Waals surface area (Å²) >= 11 is 0. The molecule has 106 valence electrons. The number of nitrogens with zero attached hydrogens (tertiary/aromatic N) is 3. The third kappa shape index (κ3) is 4.04. The maximum Gasteiger partial charge on any atom is 0.303 e. The van der Waals surface area contributed by atoms with Gasteiger partial charge in [0.15, 0.2) is 5.82 Å². The Kier molecular flexibility index (Phi) is 4.93. The quantitative estimate of drug-likeness (QED) is 0.803. The summed E-state index contributed by atoms with van der Waals surface area (Å²) in [6, 6.07) is 0. The second-order valence-electron chi connectivity index (χ2n) is 5.45. The summed E-state index contributed by atoms with van der Waals surface area (Å²) in [6.45, 7) is 0. The molecular formula is C14H23N3O2. The van der Waals surface area contributed by atoms with Crippen molar-refractivity contribution in [2.24, 2.45) is 7.05 Å². The zero-order valence-electron chi connectivity index (χ0n) is 11.6. The van der Waals surface area contributed by atoms with E-state index in [1.807, 2.05) is 11.7 Å². The fourth-order valence-electron chi connectivity index (χ4n) is 2.75. The second-order valence-corrected chi connectivity index (χ2v) is 5.45. The molecule has 1 heterocycles. The number of unbranched alkanes of at least 4 members (excludes halogenated alkanes) is 1. The molecule has 0 aliphatic heterocycles. The number of carboxylic acids is 1. The number of hydrogen-bond acceptors (Lipinski definition) is 3. The smallest absolute Gasteiger partial charge is 0.303 e. The Morgan fingerprint density at radius 1 is 1.32 bits per heavy atom. The van der Waals surface area contributed by atoms with E-state index in [9.17, 15) is 4.79 Å². The molecular weight excluding hydrogens is 242 g/mol. The Bertz CT molecular complexity index is 422. The molecule has 0 bridgehead atoms. The first-order valence-electron chi connectivity index (χ1n) is 7.28. The van der Waals surface area contributed by atoms with Crippen molar-refractivity contribution >= 4 is 5.97 Å². The van der Waals surface area contributed by atoms with Crippen LogP contribution in [0.1, 0.15) is 68.9 Å². The summed E-state index contributed by atoms with van der Waals surface area (Å²) in [5.41, 5.74) is 0. The summed E-state index contributed by atoms with van der Waals surface area (Å²) in [5, 5.41) is 13.1. The van der Waals surface area contributed by atoms with E-state index in [1.54, 1.807) is 0 Å². The molecule has 1 aliphatic rings. The van der Waals surface area contributed by atoms with Gasteiger partial charge in [-0.3, -0.25) is 9.48 Å². The molecule has 0 saturated heterocycles. The summed E-state index contributed by atoms with van der Waals surface area (Å²) < 4.78 is 1.87. The van der Waals surface area contributed by atoms with Crippen LogP contribution in [0.3, 0.4) is 0 Å². The lowest BCUT2D eigenvalue weighted by Crippen LogP contribution is -2.06. The van der Waals surface area contributed by atoms with E-state index < -0.39 is 5.97 Å². The van der Waals surface area contributed by atoms with Gasteiger partial charge in [0.05, 0.1) is 0 Å². The van der Waals surface area contributed by atoms with Crippen LogP contribution >= 0.6 is 0 Å². The monoisotopic (exact) mass is 265 g/mol. The molecule has 5 nitrogen and oxygen atoms in total. The molecule has 1 fully saturated rings. The molecule has 19 heavy (non-hydrogen) atoms. The predicted octanol–water partition coefficient (Wildman–Crippen LogP) is 2.66. The highest BCUT2D eigenvalue weighted by molar-refractivity contribution is 5.66. The van der Waals surface area contributed by atoms with Crippen molar-refractivity contribution in [1.82, 2.24) is 14.8 Å². The van der Waals surface area contributed by atoms with Crippen LogP contribution in [0.15, 0.2) is 0 Å². The van der Waals surface area contributed by atoms with Crippen molar-refractivity contribution in [1.29, 1.82) is 0 Å². The second kappa shape index (κ2) is 6.68. The highest BCUT2D eigenvalue weighted by Gasteiger charge is 2.20. The minimum absolute atomic E-state index is 0.243. The zero-order valence-corrected chi connectivity index (χ0v) is 11.6. The third-order valence-electron chi connectivity index (χ3n) is 3.88. The Labute approximate surface area is 114 Å². The average molecular weight is 265 g/mol. The topological polar surface area (TPSA) is 68.0 Å². The first-order valence-corrected chi connectivity index (χ1v) is 7.28. The fraction of sp³-hybridized carbons (Fsp3) is 0.786. The number of carboxylic acid groups (broad SMARTS) is 1. The normalized spacial score (nSPS) is 16.7. The molecule has 2 rings (SSSR count). The number of aliphatic carboxylic acids is 1.